The minimum atomic E-state index is 0.377. The molecule has 2 heterocycles. The van der Waals surface area contributed by atoms with Gasteiger partial charge in [0.15, 0.2) is 0 Å². The van der Waals surface area contributed by atoms with E-state index in [2.05, 4.69) is 9.80 Å². The van der Waals surface area contributed by atoms with E-state index in [-0.39, 0.29) is 0 Å². The molecular weight excluding hydrogens is 328 g/mol. The third kappa shape index (κ3) is 5.55. The highest BCUT2D eigenvalue weighted by molar-refractivity contribution is 8.00. The largest absolute Gasteiger partial charge is 0.379 e. The van der Waals surface area contributed by atoms with Crippen molar-refractivity contribution < 1.29 is 9.53 Å². The molecule has 0 aromatic heterocycles. The highest BCUT2D eigenvalue weighted by atomic mass is 32.2. The monoisotopic (exact) mass is 358 g/mol. The van der Waals surface area contributed by atoms with Crippen LogP contribution in [0.2, 0.25) is 0 Å². The first-order chi connectivity index (χ1) is 11.3. The molecule has 3 aliphatic rings. The zero-order chi connectivity index (χ0) is 15.9. The molecule has 1 amide bonds. The maximum Gasteiger partial charge on any atom is 0.232 e. The number of thioether (sulfide) groups is 2. The molecule has 3 fully saturated rings. The second kappa shape index (κ2) is 9.54. The zero-order valence-electron chi connectivity index (χ0n) is 14.1. The van der Waals surface area contributed by atoms with Crippen molar-refractivity contribution in [1.29, 1.82) is 0 Å². The van der Waals surface area contributed by atoms with Crippen molar-refractivity contribution in [1.82, 2.24) is 9.80 Å². The summed E-state index contributed by atoms with van der Waals surface area (Å²) < 4.78 is 5.45. The highest BCUT2D eigenvalue weighted by Gasteiger charge is 2.28. The topological polar surface area (TPSA) is 32.8 Å². The summed E-state index contributed by atoms with van der Waals surface area (Å²) in [6, 6.07) is 0.386. The lowest BCUT2D eigenvalue weighted by atomic mass is 10.2. The van der Waals surface area contributed by atoms with Gasteiger partial charge in [-0.2, -0.15) is 11.8 Å². The summed E-state index contributed by atoms with van der Waals surface area (Å²) in [4.78, 5) is 17.5. The smallest absolute Gasteiger partial charge is 0.232 e. The minimum absolute atomic E-state index is 0.377. The van der Waals surface area contributed by atoms with Crippen LogP contribution >= 0.6 is 23.5 Å². The van der Waals surface area contributed by atoms with Crippen LogP contribution in [0, 0.1) is 0 Å². The Bertz CT molecular complexity index is 372. The predicted octanol–water partition coefficient (Wildman–Crippen LogP) is 2.33. The van der Waals surface area contributed by atoms with Crippen LogP contribution < -0.4 is 0 Å². The predicted molar refractivity (Wildman–Crippen MR) is 99.4 cm³/mol. The van der Waals surface area contributed by atoms with Gasteiger partial charge in [0.05, 0.1) is 25.0 Å². The van der Waals surface area contributed by atoms with Crippen LogP contribution in [0.3, 0.4) is 0 Å². The van der Waals surface area contributed by atoms with Crippen molar-refractivity contribution in [3.8, 4) is 0 Å². The van der Waals surface area contributed by atoms with Crippen molar-refractivity contribution in [2.45, 2.75) is 43.4 Å². The summed E-state index contributed by atoms with van der Waals surface area (Å²) in [6.07, 6.45) is 6.47. The van der Waals surface area contributed by atoms with Gasteiger partial charge in [-0.3, -0.25) is 9.69 Å². The molecule has 0 aromatic carbocycles. The van der Waals surface area contributed by atoms with E-state index in [9.17, 15) is 4.79 Å². The number of carbonyl (C=O) groups excluding carboxylic acids is 1. The number of hydrogen-bond acceptors (Lipinski definition) is 5. The summed E-state index contributed by atoms with van der Waals surface area (Å²) in [5.74, 6) is 3.35. The van der Waals surface area contributed by atoms with E-state index in [1.807, 2.05) is 23.5 Å². The Morgan fingerprint density at radius 1 is 1.13 bits per heavy atom. The van der Waals surface area contributed by atoms with Crippen LogP contribution in [0.15, 0.2) is 0 Å². The summed E-state index contributed by atoms with van der Waals surface area (Å²) in [5, 5.41) is 0.734. The second-order valence-electron chi connectivity index (χ2n) is 6.80. The number of amides is 1. The fraction of sp³-hybridized carbons (Fsp3) is 0.941. The Balaban J connectivity index is 1.52. The molecule has 1 atom stereocenters. The molecule has 1 saturated carbocycles. The van der Waals surface area contributed by atoms with Crippen LogP contribution in [-0.4, -0.2) is 83.7 Å². The van der Waals surface area contributed by atoms with Gasteiger partial charge < -0.3 is 9.64 Å². The maximum atomic E-state index is 12.8. The molecule has 2 aliphatic heterocycles. The van der Waals surface area contributed by atoms with Gasteiger partial charge in [-0.25, -0.2) is 0 Å². The second-order valence-corrected chi connectivity index (χ2v) is 9.24. The van der Waals surface area contributed by atoms with E-state index >= 15 is 0 Å². The third-order valence-electron chi connectivity index (χ3n) is 5.08. The lowest BCUT2D eigenvalue weighted by molar-refractivity contribution is -0.130. The van der Waals surface area contributed by atoms with Crippen molar-refractivity contribution in [3.05, 3.63) is 0 Å². The third-order valence-corrected chi connectivity index (χ3v) is 7.63. The van der Waals surface area contributed by atoms with Crippen molar-refractivity contribution in [3.63, 3.8) is 0 Å². The molecule has 1 aliphatic carbocycles. The fourth-order valence-electron chi connectivity index (χ4n) is 3.72. The Morgan fingerprint density at radius 2 is 1.91 bits per heavy atom. The summed E-state index contributed by atoms with van der Waals surface area (Å²) in [7, 11) is 0. The highest BCUT2D eigenvalue weighted by Crippen LogP contribution is 2.30. The van der Waals surface area contributed by atoms with Crippen LogP contribution in [0.1, 0.15) is 32.1 Å². The van der Waals surface area contributed by atoms with Crippen molar-refractivity contribution in [2.24, 2.45) is 0 Å². The number of hydrogen-bond donors (Lipinski definition) is 0. The molecule has 0 bridgehead atoms. The number of carbonyl (C=O) groups is 1. The first-order valence-electron chi connectivity index (χ1n) is 9.12. The van der Waals surface area contributed by atoms with E-state index in [1.54, 1.807) is 0 Å². The van der Waals surface area contributed by atoms with Gasteiger partial charge in [-0.05, 0) is 25.0 Å². The molecular formula is C17H30N2O2S2. The molecule has 132 valence electrons. The van der Waals surface area contributed by atoms with Gasteiger partial charge in [0.1, 0.15) is 0 Å². The van der Waals surface area contributed by atoms with Gasteiger partial charge >= 0.3 is 0 Å². The Hall–Kier alpha value is 0.0900. The van der Waals surface area contributed by atoms with E-state index in [1.165, 1.54) is 31.4 Å². The van der Waals surface area contributed by atoms with Gasteiger partial charge in [-0.1, -0.05) is 12.8 Å². The first-order valence-corrected chi connectivity index (χ1v) is 11.3. The fourth-order valence-corrected chi connectivity index (χ4v) is 5.99. The number of rotatable bonds is 5. The Morgan fingerprint density at radius 3 is 2.70 bits per heavy atom. The quantitative estimate of drug-likeness (QED) is 0.753. The Labute approximate surface area is 149 Å². The molecule has 0 spiro atoms. The summed E-state index contributed by atoms with van der Waals surface area (Å²) in [5.41, 5.74) is 0. The van der Waals surface area contributed by atoms with Gasteiger partial charge in [0.25, 0.3) is 0 Å². The maximum absolute atomic E-state index is 12.8. The molecule has 4 nitrogen and oxygen atoms in total. The number of nitrogens with zero attached hydrogens (tertiary/aromatic N) is 2. The Kier molecular flexibility index (Phi) is 7.42. The standard InChI is InChI=1S/C17H30N2O2S2/c20-17(14-23-16-4-1-2-5-16)19-6-3-11-22-13-15(19)12-18-7-9-21-10-8-18/h15-16H,1-14H2/t15-/m1/s1. The van der Waals surface area contributed by atoms with E-state index in [0.717, 1.165) is 56.8 Å². The van der Waals surface area contributed by atoms with Crippen LogP contribution in [-0.2, 0) is 9.53 Å². The number of ether oxygens (including phenoxy) is 1. The average molecular weight is 359 g/mol. The van der Waals surface area contributed by atoms with Crippen molar-refractivity contribution in [2.75, 3.05) is 56.7 Å². The van der Waals surface area contributed by atoms with E-state index in [0.29, 0.717) is 17.7 Å². The minimum Gasteiger partial charge on any atom is -0.379 e. The summed E-state index contributed by atoms with van der Waals surface area (Å²) in [6.45, 7) is 5.68. The number of morpholine rings is 1. The van der Waals surface area contributed by atoms with Crippen LogP contribution in [0.25, 0.3) is 0 Å². The molecule has 0 radical (unpaired) electrons. The lowest BCUT2D eigenvalue weighted by Gasteiger charge is -2.35. The van der Waals surface area contributed by atoms with Gasteiger partial charge in [-0.15, -0.1) is 11.8 Å². The van der Waals surface area contributed by atoms with Crippen LogP contribution in [0.4, 0.5) is 0 Å². The normalized spacial score (nSPS) is 28.0. The molecule has 0 aromatic rings. The van der Waals surface area contributed by atoms with Gasteiger partial charge in [0.2, 0.25) is 5.91 Å². The van der Waals surface area contributed by atoms with E-state index < -0.39 is 0 Å². The molecule has 0 N–H and O–H groups in total. The molecule has 23 heavy (non-hydrogen) atoms. The zero-order valence-corrected chi connectivity index (χ0v) is 15.7. The SMILES string of the molecule is O=C(CSC1CCCC1)N1CCCSC[C@H]1CN1CCOCC1. The molecule has 2 saturated heterocycles. The van der Waals surface area contributed by atoms with Crippen LogP contribution in [0.5, 0.6) is 0 Å². The molecule has 0 unspecified atom stereocenters. The van der Waals surface area contributed by atoms with Gasteiger partial charge in [0, 0.05) is 37.2 Å². The average Bonchev–Trinajstić information content (AvgIpc) is 2.99. The molecule has 6 heteroatoms. The molecule has 3 rings (SSSR count). The van der Waals surface area contributed by atoms with Crippen molar-refractivity contribution >= 4 is 29.4 Å². The first kappa shape index (κ1) is 17.9. The lowest BCUT2D eigenvalue weighted by Crippen LogP contribution is -2.51. The van der Waals surface area contributed by atoms with E-state index in [4.69, 9.17) is 4.74 Å². The summed E-state index contributed by atoms with van der Waals surface area (Å²) >= 11 is 3.93.